The van der Waals surface area contributed by atoms with Gasteiger partial charge in [0, 0.05) is 36.2 Å². The van der Waals surface area contributed by atoms with Gasteiger partial charge in [0.2, 0.25) is 0 Å². The normalized spacial score (nSPS) is 13.6. The summed E-state index contributed by atoms with van der Waals surface area (Å²) in [5.41, 5.74) is 5.52. The first-order chi connectivity index (χ1) is 22.0. The third-order valence-corrected chi connectivity index (χ3v) is 8.20. The molecule has 0 aliphatic heterocycles. The van der Waals surface area contributed by atoms with E-state index in [1.807, 2.05) is 24.3 Å². The zero-order valence-corrected chi connectivity index (χ0v) is 26.1. The summed E-state index contributed by atoms with van der Waals surface area (Å²) in [5.74, 6) is 1.37. The van der Waals surface area contributed by atoms with E-state index in [9.17, 15) is 4.79 Å². The number of aliphatic hydroxyl groups is 1. The van der Waals surface area contributed by atoms with Crippen molar-refractivity contribution >= 4 is 29.5 Å². The van der Waals surface area contributed by atoms with Gasteiger partial charge in [-0.15, -0.1) is 0 Å². The molecule has 1 aromatic heterocycles. The molecule has 1 unspecified atom stereocenters. The standard InChI is InChI=1S/C35H33Cl2N3O5/c36-30-16-25(21-42)33(44-22-24-15-23(18-38)19-40-20-24)17-34(30)45-31-10-9-27-26(5-1-6-28(27)31)29-7-2-8-32(35(29)37)43-14-4-12-39-11-3-13-41/h1-2,5-8,15-17,19-21,31,39,41H,3-4,9-14,22H2. The lowest BCUT2D eigenvalue weighted by Crippen LogP contribution is -2.19. The Kier molecular flexibility index (Phi) is 11.3. The number of fused-ring (bicyclic) bond motifs is 1. The SMILES string of the molecule is N#Cc1cncc(COc2cc(OC3CCc4c(-c5cccc(OCCCNCCCO)c5Cl)cccc43)c(Cl)cc2C=O)c1. The van der Waals surface area contributed by atoms with Gasteiger partial charge in [-0.2, -0.15) is 5.26 Å². The second kappa shape index (κ2) is 15.7. The molecule has 2 N–H and O–H groups in total. The number of carbonyl (C=O) groups excluding carboxylic acids is 1. The van der Waals surface area contributed by atoms with Crippen LogP contribution in [0.3, 0.4) is 0 Å². The number of halogens is 2. The third kappa shape index (κ3) is 7.94. The molecule has 0 saturated carbocycles. The van der Waals surface area contributed by atoms with Crippen molar-refractivity contribution in [1.29, 1.82) is 5.26 Å². The minimum atomic E-state index is -0.263. The van der Waals surface area contributed by atoms with Gasteiger partial charge in [0.05, 0.1) is 27.8 Å². The molecule has 0 spiro atoms. The van der Waals surface area contributed by atoms with Gasteiger partial charge in [-0.25, -0.2) is 0 Å². The number of nitrogens with one attached hydrogen (secondary N) is 1. The number of rotatable bonds is 15. The largest absolute Gasteiger partial charge is 0.492 e. The van der Waals surface area contributed by atoms with Crippen LogP contribution in [0.5, 0.6) is 17.2 Å². The minimum absolute atomic E-state index is 0.116. The Bertz CT molecular complexity index is 1690. The molecular weight excluding hydrogens is 613 g/mol. The van der Waals surface area contributed by atoms with E-state index in [2.05, 4.69) is 28.5 Å². The summed E-state index contributed by atoms with van der Waals surface area (Å²) in [6.45, 7) is 2.40. The first-order valence-corrected chi connectivity index (χ1v) is 15.5. The van der Waals surface area contributed by atoms with Crippen LogP contribution < -0.4 is 19.5 Å². The predicted molar refractivity (Wildman–Crippen MR) is 173 cm³/mol. The molecule has 1 aliphatic carbocycles. The van der Waals surface area contributed by atoms with Gasteiger partial charge >= 0.3 is 0 Å². The van der Waals surface area contributed by atoms with E-state index in [1.165, 1.54) is 12.3 Å². The van der Waals surface area contributed by atoms with Gasteiger partial charge in [0.1, 0.15) is 36.0 Å². The molecule has 10 heteroatoms. The molecule has 1 aliphatic rings. The zero-order valence-electron chi connectivity index (χ0n) is 24.6. The highest BCUT2D eigenvalue weighted by molar-refractivity contribution is 6.35. The van der Waals surface area contributed by atoms with Crippen molar-refractivity contribution in [2.75, 3.05) is 26.3 Å². The van der Waals surface area contributed by atoms with Crippen LogP contribution in [0.2, 0.25) is 10.0 Å². The van der Waals surface area contributed by atoms with Gasteiger partial charge in [0.25, 0.3) is 0 Å². The van der Waals surface area contributed by atoms with Gasteiger partial charge < -0.3 is 24.6 Å². The van der Waals surface area contributed by atoms with E-state index in [0.717, 1.165) is 61.0 Å². The second-order valence-electron chi connectivity index (χ2n) is 10.6. The van der Waals surface area contributed by atoms with Crippen LogP contribution in [0.25, 0.3) is 11.1 Å². The summed E-state index contributed by atoms with van der Waals surface area (Å²) in [6, 6.07) is 18.8. The minimum Gasteiger partial charge on any atom is -0.492 e. The first-order valence-electron chi connectivity index (χ1n) is 14.8. The Labute approximate surface area is 272 Å². The number of pyridine rings is 1. The predicted octanol–water partition coefficient (Wildman–Crippen LogP) is 7.13. The number of aliphatic hydroxyl groups excluding tert-OH is 1. The monoisotopic (exact) mass is 645 g/mol. The molecule has 5 rings (SSSR count). The Hall–Kier alpha value is -4.13. The maximum absolute atomic E-state index is 11.8. The average molecular weight is 647 g/mol. The quantitative estimate of drug-likeness (QED) is 0.104. The Morgan fingerprint density at radius 2 is 1.82 bits per heavy atom. The summed E-state index contributed by atoms with van der Waals surface area (Å²) < 4.78 is 18.4. The molecule has 1 heterocycles. The van der Waals surface area contributed by atoms with Crippen LogP contribution in [0, 0.1) is 11.3 Å². The number of aromatic nitrogens is 1. The van der Waals surface area contributed by atoms with E-state index < -0.39 is 0 Å². The fraction of sp³-hybridized carbons (Fsp3) is 0.286. The van der Waals surface area contributed by atoms with Gasteiger partial charge in [0.15, 0.2) is 6.29 Å². The van der Waals surface area contributed by atoms with Crippen molar-refractivity contribution in [3.05, 3.63) is 105 Å². The number of hydrogen-bond acceptors (Lipinski definition) is 8. The van der Waals surface area contributed by atoms with E-state index in [0.29, 0.717) is 56.9 Å². The molecule has 0 radical (unpaired) electrons. The topological polar surface area (TPSA) is 114 Å². The second-order valence-corrected chi connectivity index (χ2v) is 11.4. The van der Waals surface area contributed by atoms with Gasteiger partial charge in [-0.05, 0) is 73.7 Å². The van der Waals surface area contributed by atoms with Crippen molar-refractivity contribution in [3.8, 4) is 34.4 Å². The maximum atomic E-state index is 11.8. The molecule has 0 bridgehead atoms. The van der Waals surface area contributed by atoms with Crippen LogP contribution in [0.15, 0.2) is 67.0 Å². The molecule has 232 valence electrons. The smallest absolute Gasteiger partial charge is 0.153 e. The van der Waals surface area contributed by atoms with Crippen molar-refractivity contribution in [1.82, 2.24) is 10.3 Å². The number of nitrogens with zero attached hydrogens (tertiary/aromatic N) is 2. The van der Waals surface area contributed by atoms with E-state index in [4.69, 9.17) is 47.8 Å². The fourth-order valence-electron chi connectivity index (χ4n) is 5.33. The molecule has 0 amide bonds. The van der Waals surface area contributed by atoms with Crippen molar-refractivity contribution in [2.24, 2.45) is 0 Å². The molecular formula is C35H33Cl2N3O5. The Morgan fingerprint density at radius 1 is 1.00 bits per heavy atom. The highest BCUT2D eigenvalue weighted by atomic mass is 35.5. The van der Waals surface area contributed by atoms with Gasteiger partial charge in [-0.3, -0.25) is 9.78 Å². The summed E-state index contributed by atoms with van der Waals surface area (Å²) in [6.07, 6.45) is 6.57. The van der Waals surface area contributed by atoms with Crippen molar-refractivity contribution in [3.63, 3.8) is 0 Å². The molecule has 0 fully saturated rings. The number of hydrogen-bond donors (Lipinski definition) is 2. The number of ether oxygens (including phenoxy) is 3. The van der Waals surface area contributed by atoms with E-state index in [1.54, 1.807) is 18.3 Å². The van der Waals surface area contributed by atoms with Crippen molar-refractivity contribution < 1.29 is 24.1 Å². The van der Waals surface area contributed by atoms with Gasteiger partial charge in [-0.1, -0.05) is 53.5 Å². The molecule has 1 atom stereocenters. The van der Waals surface area contributed by atoms with Crippen LogP contribution in [-0.4, -0.2) is 42.7 Å². The average Bonchev–Trinajstić information content (AvgIpc) is 3.48. The fourth-order valence-corrected chi connectivity index (χ4v) is 5.83. The Morgan fingerprint density at radius 3 is 2.64 bits per heavy atom. The number of benzene rings is 3. The maximum Gasteiger partial charge on any atom is 0.153 e. The number of carbonyl (C=O) groups is 1. The van der Waals surface area contributed by atoms with E-state index >= 15 is 0 Å². The number of nitriles is 1. The Balaban J connectivity index is 1.31. The van der Waals surface area contributed by atoms with Crippen LogP contribution >= 0.6 is 23.2 Å². The number of aldehydes is 1. The molecule has 4 aromatic rings. The summed E-state index contributed by atoms with van der Waals surface area (Å²) in [7, 11) is 0. The molecule has 3 aromatic carbocycles. The summed E-state index contributed by atoms with van der Waals surface area (Å²) in [5, 5.41) is 22.2. The lowest BCUT2D eigenvalue weighted by molar-refractivity contribution is 0.111. The lowest BCUT2D eigenvalue weighted by atomic mass is 9.96. The van der Waals surface area contributed by atoms with E-state index in [-0.39, 0.29) is 19.3 Å². The van der Waals surface area contributed by atoms with Crippen LogP contribution in [-0.2, 0) is 13.0 Å². The first kappa shape index (κ1) is 32.3. The highest BCUT2D eigenvalue weighted by Gasteiger charge is 2.28. The van der Waals surface area contributed by atoms with Crippen molar-refractivity contribution in [2.45, 2.75) is 38.4 Å². The highest BCUT2D eigenvalue weighted by Crippen LogP contribution is 2.45. The molecule has 45 heavy (non-hydrogen) atoms. The lowest BCUT2D eigenvalue weighted by Gasteiger charge is -2.19. The molecule has 8 nitrogen and oxygen atoms in total. The molecule has 0 saturated heterocycles. The third-order valence-electron chi connectivity index (χ3n) is 7.52. The van der Waals surface area contributed by atoms with Crippen LogP contribution in [0.1, 0.15) is 58.0 Å². The zero-order chi connectivity index (χ0) is 31.6. The van der Waals surface area contributed by atoms with Crippen LogP contribution in [0.4, 0.5) is 0 Å². The summed E-state index contributed by atoms with van der Waals surface area (Å²) in [4.78, 5) is 15.8. The summed E-state index contributed by atoms with van der Waals surface area (Å²) >= 11 is 13.4.